The average molecular weight is 300 g/mol. The van der Waals surface area contributed by atoms with E-state index in [1.54, 1.807) is 6.92 Å². The highest BCUT2D eigenvalue weighted by Gasteiger charge is 2.25. The van der Waals surface area contributed by atoms with E-state index in [2.05, 4.69) is 20.2 Å². The van der Waals surface area contributed by atoms with Gasteiger partial charge in [0, 0.05) is 13.2 Å². The molecule has 0 aliphatic rings. The van der Waals surface area contributed by atoms with Crippen molar-refractivity contribution in [2.75, 3.05) is 7.05 Å². The Morgan fingerprint density at radius 1 is 1.35 bits per heavy atom. The normalized spacial score (nSPS) is 11.9. The molecule has 2 heterocycles. The average Bonchev–Trinajstić information content (AvgIpc) is 2.74. The summed E-state index contributed by atoms with van der Waals surface area (Å²) < 4.78 is 25.3. The Bertz CT molecular complexity index is 832. The van der Waals surface area contributed by atoms with E-state index < -0.39 is 26.2 Å². The third-order valence-electron chi connectivity index (χ3n) is 2.48. The van der Waals surface area contributed by atoms with Crippen LogP contribution in [0.4, 0.5) is 0 Å². The van der Waals surface area contributed by atoms with Crippen LogP contribution < -0.4 is 11.2 Å². The molecule has 108 valence electrons. The van der Waals surface area contributed by atoms with Gasteiger partial charge in [-0.25, -0.2) is 18.2 Å². The number of aryl methyl sites for hydroxylation is 1. The minimum absolute atomic E-state index is 0.106. The highest BCUT2D eigenvalue weighted by Crippen LogP contribution is 2.10. The van der Waals surface area contributed by atoms with Gasteiger partial charge in [-0.3, -0.25) is 14.9 Å². The van der Waals surface area contributed by atoms with Gasteiger partial charge in [0.15, 0.2) is 10.7 Å². The molecule has 0 saturated carbocycles. The first-order valence-electron chi connectivity index (χ1n) is 5.47. The zero-order valence-corrected chi connectivity index (χ0v) is 11.5. The van der Waals surface area contributed by atoms with Gasteiger partial charge in [0.1, 0.15) is 5.82 Å². The molecular formula is C9H12N6O4S. The predicted octanol–water partition coefficient (Wildman–Crippen LogP) is -1.69. The SMILES string of the molecule is Cc1nc(CN(C)S(=O)(=O)c2c[nH]c(=O)[nH]c2=O)n[nH]1. The fourth-order valence-corrected chi connectivity index (χ4v) is 2.62. The monoisotopic (exact) mass is 300 g/mol. The topological polar surface area (TPSA) is 145 Å². The van der Waals surface area contributed by atoms with E-state index in [1.165, 1.54) is 7.05 Å². The van der Waals surface area contributed by atoms with Crippen molar-refractivity contribution >= 4 is 10.0 Å². The van der Waals surface area contributed by atoms with Crippen LogP contribution in [0.3, 0.4) is 0 Å². The molecule has 0 aromatic carbocycles. The number of aromatic nitrogens is 5. The zero-order valence-electron chi connectivity index (χ0n) is 10.7. The van der Waals surface area contributed by atoms with Gasteiger partial charge in [0.25, 0.3) is 5.56 Å². The Hall–Kier alpha value is -2.27. The Morgan fingerprint density at radius 3 is 2.60 bits per heavy atom. The third kappa shape index (κ3) is 2.67. The van der Waals surface area contributed by atoms with Crippen molar-refractivity contribution in [2.24, 2.45) is 0 Å². The molecule has 0 radical (unpaired) electrons. The van der Waals surface area contributed by atoms with Crippen LogP contribution in [0.25, 0.3) is 0 Å². The predicted molar refractivity (Wildman–Crippen MR) is 67.5 cm³/mol. The van der Waals surface area contributed by atoms with Gasteiger partial charge in [-0.15, -0.1) is 0 Å². The number of rotatable bonds is 4. The zero-order chi connectivity index (χ0) is 14.9. The molecule has 3 N–H and O–H groups in total. The van der Waals surface area contributed by atoms with Crippen molar-refractivity contribution in [3.63, 3.8) is 0 Å². The lowest BCUT2D eigenvalue weighted by Gasteiger charge is -2.14. The van der Waals surface area contributed by atoms with Crippen molar-refractivity contribution in [1.29, 1.82) is 0 Å². The molecular weight excluding hydrogens is 288 g/mol. The van der Waals surface area contributed by atoms with E-state index in [9.17, 15) is 18.0 Å². The van der Waals surface area contributed by atoms with E-state index in [0.29, 0.717) is 5.82 Å². The molecule has 20 heavy (non-hydrogen) atoms. The first-order valence-corrected chi connectivity index (χ1v) is 6.91. The first-order chi connectivity index (χ1) is 9.30. The fraction of sp³-hybridized carbons (Fsp3) is 0.333. The van der Waals surface area contributed by atoms with Crippen molar-refractivity contribution in [3.8, 4) is 0 Å². The summed E-state index contributed by atoms with van der Waals surface area (Å²) in [5.74, 6) is 0.821. The second-order valence-electron chi connectivity index (χ2n) is 4.03. The van der Waals surface area contributed by atoms with Crippen LogP contribution in [0, 0.1) is 6.92 Å². The molecule has 0 aliphatic heterocycles. The molecule has 2 aromatic heterocycles. The Morgan fingerprint density at radius 2 is 2.05 bits per heavy atom. The second kappa shape index (κ2) is 5.02. The fourth-order valence-electron chi connectivity index (χ4n) is 1.50. The van der Waals surface area contributed by atoms with Gasteiger partial charge >= 0.3 is 5.69 Å². The van der Waals surface area contributed by atoms with Crippen molar-refractivity contribution in [3.05, 3.63) is 38.7 Å². The van der Waals surface area contributed by atoms with Gasteiger partial charge in [-0.1, -0.05) is 0 Å². The van der Waals surface area contributed by atoms with E-state index in [-0.39, 0.29) is 12.4 Å². The lowest BCUT2D eigenvalue weighted by Crippen LogP contribution is -2.34. The van der Waals surface area contributed by atoms with Crippen molar-refractivity contribution < 1.29 is 8.42 Å². The molecule has 0 bridgehead atoms. The molecule has 0 unspecified atom stereocenters. The van der Waals surface area contributed by atoms with E-state index in [0.717, 1.165) is 10.5 Å². The number of hydrogen-bond acceptors (Lipinski definition) is 6. The summed E-state index contributed by atoms with van der Waals surface area (Å²) in [7, 11) is -2.77. The quantitative estimate of drug-likeness (QED) is 0.614. The molecule has 10 nitrogen and oxygen atoms in total. The summed E-state index contributed by atoms with van der Waals surface area (Å²) in [5.41, 5.74) is -1.76. The number of hydrogen-bond donors (Lipinski definition) is 3. The van der Waals surface area contributed by atoms with Crippen LogP contribution in [0.5, 0.6) is 0 Å². The Kier molecular flexibility index (Phi) is 3.55. The molecule has 0 fully saturated rings. The van der Waals surface area contributed by atoms with Crippen molar-refractivity contribution in [1.82, 2.24) is 29.5 Å². The highest BCUT2D eigenvalue weighted by atomic mass is 32.2. The van der Waals surface area contributed by atoms with Crippen LogP contribution in [-0.2, 0) is 16.6 Å². The van der Waals surface area contributed by atoms with Crippen LogP contribution in [0.2, 0.25) is 0 Å². The second-order valence-corrected chi connectivity index (χ2v) is 6.05. The van der Waals surface area contributed by atoms with Gasteiger partial charge in [0.05, 0.1) is 6.54 Å². The maximum atomic E-state index is 12.2. The summed E-state index contributed by atoms with van der Waals surface area (Å²) in [5, 5.41) is 6.40. The molecule has 0 aliphatic carbocycles. The van der Waals surface area contributed by atoms with Gasteiger partial charge in [0.2, 0.25) is 10.0 Å². The minimum atomic E-state index is -4.05. The molecule has 0 atom stereocenters. The third-order valence-corrected chi connectivity index (χ3v) is 4.29. The lowest BCUT2D eigenvalue weighted by molar-refractivity contribution is 0.455. The summed E-state index contributed by atoms with van der Waals surface area (Å²) in [6.07, 6.45) is 0.857. The van der Waals surface area contributed by atoms with Gasteiger partial charge < -0.3 is 4.98 Å². The number of nitrogens with one attached hydrogen (secondary N) is 3. The van der Waals surface area contributed by atoms with Crippen molar-refractivity contribution in [2.45, 2.75) is 18.4 Å². The first kappa shape index (κ1) is 14.1. The largest absolute Gasteiger partial charge is 0.325 e. The van der Waals surface area contributed by atoms with Gasteiger partial charge in [-0.2, -0.15) is 9.40 Å². The lowest BCUT2D eigenvalue weighted by atomic mass is 10.6. The number of nitrogens with zero attached hydrogens (tertiary/aromatic N) is 3. The summed E-state index contributed by atoms with van der Waals surface area (Å²) >= 11 is 0. The van der Waals surface area contributed by atoms with Gasteiger partial charge in [-0.05, 0) is 6.92 Å². The van der Waals surface area contributed by atoms with E-state index >= 15 is 0 Å². The molecule has 2 rings (SSSR count). The molecule has 11 heteroatoms. The minimum Gasteiger partial charge on any atom is -0.313 e. The van der Waals surface area contributed by atoms with E-state index in [4.69, 9.17) is 0 Å². The van der Waals surface area contributed by atoms with E-state index in [1.807, 2.05) is 4.98 Å². The Labute approximate surface area is 112 Å². The smallest absolute Gasteiger partial charge is 0.313 e. The van der Waals surface area contributed by atoms with Crippen LogP contribution in [0.15, 0.2) is 20.7 Å². The number of sulfonamides is 1. The molecule has 0 amide bonds. The number of H-pyrrole nitrogens is 3. The molecule has 0 saturated heterocycles. The summed E-state index contributed by atoms with van der Waals surface area (Å²) in [4.78, 5) is 29.8. The highest BCUT2D eigenvalue weighted by molar-refractivity contribution is 7.89. The Balaban J connectivity index is 2.34. The number of aromatic amines is 3. The van der Waals surface area contributed by atoms with Crippen LogP contribution >= 0.6 is 0 Å². The molecule has 0 spiro atoms. The maximum Gasteiger partial charge on any atom is 0.325 e. The molecule has 2 aromatic rings. The standard InChI is InChI=1S/C9H12N6O4S/c1-5-11-7(14-13-5)4-15(2)20(18,19)6-3-10-9(17)12-8(6)16/h3H,4H2,1-2H3,(H,11,13,14)(H2,10,12,16,17). The summed E-state index contributed by atoms with van der Waals surface area (Å²) in [6, 6.07) is 0. The summed E-state index contributed by atoms with van der Waals surface area (Å²) in [6.45, 7) is 1.57. The van der Waals surface area contributed by atoms with Crippen LogP contribution in [0.1, 0.15) is 11.6 Å². The maximum absolute atomic E-state index is 12.2. The van der Waals surface area contributed by atoms with Crippen LogP contribution in [-0.4, -0.2) is 44.9 Å².